The van der Waals surface area contributed by atoms with Gasteiger partial charge < -0.3 is 4.74 Å². The van der Waals surface area contributed by atoms with E-state index in [2.05, 4.69) is 13.5 Å². The van der Waals surface area contributed by atoms with E-state index in [0.717, 1.165) is 24.7 Å². The highest BCUT2D eigenvalue weighted by atomic mass is 16.5. The highest BCUT2D eigenvalue weighted by molar-refractivity contribution is 5.87. The molecule has 2 rings (SSSR count). The second kappa shape index (κ2) is 3.99. The van der Waals surface area contributed by atoms with Crippen molar-refractivity contribution in [1.29, 1.82) is 0 Å². The molecule has 2 bridgehead atoms. The van der Waals surface area contributed by atoms with Gasteiger partial charge in [-0.25, -0.2) is 4.79 Å². The first-order chi connectivity index (χ1) is 7.11. The Hall–Kier alpha value is -0.790. The molecule has 2 nitrogen and oxygen atoms in total. The number of ether oxygens (including phenoxy) is 1. The Bertz CT molecular complexity index is 282. The molecule has 2 aliphatic rings. The lowest BCUT2D eigenvalue weighted by Gasteiger charge is -2.27. The molecule has 2 heteroatoms. The van der Waals surface area contributed by atoms with Crippen molar-refractivity contribution in [2.24, 2.45) is 17.8 Å². The van der Waals surface area contributed by atoms with Gasteiger partial charge in [-0.2, -0.15) is 0 Å². The summed E-state index contributed by atoms with van der Waals surface area (Å²) in [6.07, 6.45) is 4.66. The van der Waals surface area contributed by atoms with Crippen LogP contribution in [0.3, 0.4) is 0 Å². The van der Waals surface area contributed by atoms with E-state index in [1.165, 1.54) is 12.8 Å². The standard InChI is InChI=1S/C13H19O2/c1-4-9-5-11-6-10(9)7-12(11)15-13(14)8(2)3/h9-12H,1-2,4-7H2,3H3. The lowest BCUT2D eigenvalue weighted by molar-refractivity contribution is -0.147. The molecule has 2 saturated carbocycles. The number of esters is 1. The lowest BCUT2D eigenvalue weighted by atomic mass is 9.85. The fraction of sp³-hybridized carbons (Fsp3) is 0.692. The summed E-state index contributed by atoms with van der Waals surface area (Å²) in [5.74, 6) is 1.88. The van der Waals surface area contributed by atoms with Crippen molar-refractivity contribution < 1.29 is 9.53 Å². The van der Waals surface area contributed by atoms with Gasteiger partial charge in [-0.1, -0.05) is 19.9 Å². The zero-order valence-electron chi connectivity index (χ0n) is 9.37. The maximum Gasteiger partial charge on any atom is 0.333 e. The Morgan fingerprint density at radius 1 is 1.33 bits per heavy atom. The van der Waals surface area contributed by atoms with Gasteiger partial charge in [0.15, 0.2) is 0 Å². The highest BCUT2D eigenvalue weighted by Crippen LogP contribution is 2.50. The molecule has 4 unspecified atom stereocenters. The second-order valence-electron chi connectivity index (χ2n) is 5.00. The predicted molar refractivity (Wildman–Crippen MR) is 59.0 cm³/mol. The number of carbonyl (C=O) groups is 1. The highest BCUT2D eigenvalue weighted by Gasteiger charge is 2.46. The van der Waals surface area contributed by atoms with E-state index in [1.54, 1.807) is 6.92 Å². The maximum absolute atomic E-state index is 11.4. The molecule has 1 radical (unpaired) electrons. The molecular weight excluding hydrogens is 188 g/mol. The van der Waals surface area contributed by atoms with Crippen molar-refractivity contribution in [3.8, 4) is 0 Å². The molecule has 0 saturated heterocycles. The van der Waals surface area contributed by atoms with E-state index in [-0.39, 0.29) is 12.1 Å². The van der Waals surface area contributed by atoms with Crippen molar-refractivity contribution in [2.75, 3.05) is 0 Å². The number of rotatable bonds is 3. The fourth-order valence-corrected chi connectivity index (χ4v) is 3.08. The van der Waals surface area contributed by atoms with Gasteiger partial charge in [0.1, 0.15) is 6.10 Å². The molecule has 2 aliphatic carbocycles. The summed E-state index contributed by atoms with van der Waals surface area (Å²) in [7, 11) is 0. The van der Waals surface area contributed by atoms with Crippen molar-refractivity contribution in [2.45, 2.75) is 38.7 Å². The quantitative estimate of drug-likeness (QED) is 0.525. The first-order valence-electron chi connectivity index (χ1n) is 5.77. The Kier molecular flexibility index (Phi) is 2.85. The van der Waals surface area contributed by atoms with E-state index in [0.29, 0.717) is 11.5 Å². The number of hydrogen-bond donors (Lipinski definition) is 0. The molecule has 15 heavy (non-hydrogen) atoms. The molecule has 0 aromatic rings. The SMILES string of the molecule is [CH2]CC1CC2CC1CC2OC(=O)C(=C)C. The van der Waals surface area contributed by atoms with E-state index in [1.807, 2.05) is 0 Å². The summed E-state index contributed by atoms with van der Waals surface area (Å²) in [5, 5.41) is 0. The summed E-state index contributed by atoms with van der Waals surface area (Å²) in [5.41, 5.74) is 0.506. The van der Waals surface area contributed by atoms with Crippen molar-refractivity contribution in [3.63, 3.8) is 0 Å². The molecular formula is C13H19O2. The monoisotopic (exact) mass is 207 g/mol. The summed E-state index contributed by atoms with van der Waals surface area (Å²) >= 11 is 0. The summed E-state index contributed by atoms with van der Waals surface area (Å²) in [6, 6.07) is 0. The van der Waals surface area contributed by atoms with Crippen molar-refractivity contribution in [1.82, 2.24) is 0 Å². The zero-order chi connectivity index (χ0) is 11.0. The summed E-state index contributed by atoms with van der Waals surface area (Å²) in [4.78, 5) is 11.4. The van der Waals surface area contributed by atoms with Crippen LogP contribution in [0.5, 0.6) is 0 Å². The van der Waals surface area contributed by atoms with Crippen molar-refractivity contribution >= 4 is 5.97 Å². The van der Waals surface area contributed by atoms with Gasteiger partial charge in [0.05, 0.1) is 0 Å². The first-order valence-corrected chi connectivity index (χ1v) is 5.77. The van der Waals surface area contributed by atoms with Gasteiger partial charge >= 0.3 is 5.97 Å². The Morgan fingerprint density at radius 2 is 2.07 bits per heavy atom. The minimum absolute atomic E-state index is 0.155. The van der Waals surface area contributed by atoms with Crippen LogP contribution in [0.15, 0.2) is 12.2 Å². The smallest absolute Gasteiger partial charge is 0.333 e. The average molecular weight is 207 g/mol. The second-order valence-corrected chi connectivity index (χ2v) is 5.00. The Balaban J connectivity index is 1.89. The van der Waals surface area contributed by atoms with Crippen LogP contribution in [0.1, 0.15) is 32.6 Å². The third-order valence-electron chi connectivity index (χ3n) is 3.92. The maximum atomic E-state index is 11.4. The Labute approximate surface area is 91.7 Å². The molecule has 2 fully saturated rings. The van der Waals surface area contributed by atoms with Crippen LogP contribution < -0.4 is 0 Å². The van der Waals surface area contributed by atoms with Crippen LogP contribution in [-0.2, 0) is 9.53 Å². The molecule has 0 N–H and O–H groups in total. The van der Waals surface area contributed by atoms with Gasteiger partial charge in [0, 0.05) is 5.57 Å². The zero-order valence-corrected chi connectivity index (χ0v) is 9.37. The minimum atomic E-state index is -0.223. The van der Waals surface area contributed by atoms with E-state index in [4.69, 9.17) is 4.74 Å². The molecule has 0 aromatic heterocycles. The van der Waals surface area contributed by atoms with E-state index < -0.39 is 0 Å². The number of carbonyl (C=O) groups excluding carboxylic acids is 1. The van der Waals surface area contributed by atoms with Gasteiger partial charge in [0.25, 0.3) is 0 Å². The van der Waals surface area contributed by atoms with Crippen LogP contribution in [0, 0.1) is 24.7 Å². The predicted octanol–water partition coefficient (Wildman–Crippen LogP) is 2.74. The van der Waals surface area contributed by atoms with Gasteiger partial charge in [-0.05, 0) is 43.9 Å². The summed E-state index contributed by atoms with van der Waals surface area (Å²) < 4.78 is 5.44. The number of fused-ring (bicyclic) bond motifs is 2. The van der Waals surface area contributed by atoms with Gasteiger partial charge in [0.2, 0.25) is 0 Å². The van der Waals surface area contributed by atoms with Crippen molar-refractivity contribution in [3.05, 3.63) is 19.1 Å². The molecule has 0 aromatic carbocycles. The fourth-order valence-electron chi connectivity index (χ4n) is 3.08. The normalized spacial score (nSPS) is 38.0. The lowest BCUT2D eigenvalue weighted by Crippen LogP contribution is -2.27. The molecule has 0 aliphatic heterocycles. The van der Waals surface area contributed by atoms with Crippen LogP contribution in [-0.4, -0.2) is 12.1 Å². The van der Waals surface area contributed by atoms with Crippen LogP contribution >= 0.6 is 0 Å². The minimum Gasteiger partial charge on any atom is -0.459 e. The Morgan fingerprint density at radius 3 is 2.53 bits per heavy atom. The molecule has 0 amide bonds. The van der Waals surface area contributed by atoms with Gasteiger partial charge in [-0.3, -0.25) is 0 Å². The molecule has 4 atom stereocenters. The first kappa shape index (κ1) is 10.7. The molecule has 0 spiro atoms. The topological polar surface area (TPSA) is 26.3 Å². The number of hydrogen-bond acceptors (Lipinski definition) is 2. The third-order valence-corrected chi connectivity index (χ3v) is 3.92. The van der Waals surface area contributed by atoms with E-state index in [9.17, 15) is 4.79 Å². The summed E-state index contributed by atoms with van der Waals surface area (Å²) in [6.45, 7) is 9.29. The molecule has 83 valence electrons. The van der Waals surface area contributed by atoms with Crippen LogP contribution in [0.25, 0.3) is 0 Å². The van der Waals surface area contributed by atoms with E-state index >= 15 is 0 Å². The van der Waals surface area contributed by atoms with Gasteiger partial charge in [-0.15, -0.1) is 0 Å². The van der Waals surface area contributed by atoms with Crippen LogP contribution in [0.2, 0.25) is 0 Å². The van der Waals surface area contributed by atoms with Crippen LogP contribution in [0.4, 0.5) is 0 Å². The largest absolute Gasteiger partial charge is 0.459 e. The third kappa shape index (κ3) is 1.95. The molecule has 0 heterocycles. The average Bonchev–Trinajstić information content (AvgIpc) is 2.75.